The minimum absolute atomic E-state index is 0.0218. The number of carbonyl (C=O) groups is 4. The number of rotatable bonds is 6. The van der Waals surface area contributed by atoms with Crippen molar-refractivity contribution in [1.29, 1.82) is 0 Å². The normalized spacial score (nSPS) is 27.6. The third-order valence-electron chi connectivity index (χ3n) is 5.61. The maximum atomic E-state index is 13.5. The highest BCUT2D eigenvalue weighted by Gasteiger charge is 2.72. The fraction of sp³-hybridized carbons (Fsp3) is 0.400. The van der Waals surface area contributed by atoms with Crippen LogP contribution in [0.25, 0.3) is 0 Å². The zero-order chi connectivity index (χ0) is 23.4. The number of ether oxygens (including phenoxy) is 4. The Balaban J connectivity index is 1.76. The number of imide groups is 1. The Labute approximate surface area is 180 Å². The Bertz CT molecular complexity index is 1070. The molecule has 4 atom stereocenters. The minimum Gasteiger partial charge on any atom is -0.494 e. The summed E-state index contributed by atoms with van der Waals surface area (Å²) in [6, 6.07) is 3.49. The van der Waals surface area contributed by atoms with Crippen molar-refractivity contribution in [3.63, 3.8) is 0 Å². The summed E-state index contributed by atoms with van der Waals surface area (Å²) in [7, 11) is 1.25. The van der Waals surface area contributed by atoms with Crippen molar-refractivity contribution in [3.05, 3.63) is 40.5 Å². The Morgan fingerprint density at radius 3 is 2.41 bits per heavy atom. The van der Waals surface area contributed by atoms with Crippen molar-refractivity contribution in [2.24, 2.45) is 11.8 Å². The second-order valence-electron chi connectivity index (χ2n) is 7.47. The Morgan fingerprint density at radius 2 is 1.84 bits per heavy atom. The Kier molecular flexibility index (Phi) is 4.96. The molecule has 32 heavy (non-hydrogen) atoms. The molecular formula is C20H18N2O10. The molecule has 3 aliphatic heterocycles. The standard InChI is InChI=1S/C20H18N2O10/c1-9(23)30-19(31-10(2)24)20-7-6-13(32-20)15-16(20)18(26)21(17(15)25)12-5-4-11(22(27)28)8-14(12)29-3/h4-8,13,15-16,19H,1-3H3/t13-,15+,16+,20-/m0/s1. The number of nitro benzene ring substituents is 1. The number of non-ortho nitro benzene ring substituents is 1. The van der Waals surface area contributed by atoms with Gasteiger partial charge in [-0.2, -0.15) is 0 Å². The molecule has 0 spiro atoms. The van der Waals surface area contributed by atoms with E-state index in [4.69, 9.17) is 18.9 Å². The second-order valence-corrected chi connectivity index (χ2v) is 7.47. The van der Waals surface area contributed by atoms with Gasteiger partial charge in [0.15, 0.2) is 5.60 Å². The molecule has 1 aromatic rings. The fourth-order valence-electron chi connectivity index (χ4n) is 4.42. The van der Waals surface area contributed by atoms with E-state index in [1.165, 1.54) is 19.3 Å². The summed E-state index contributed by atoms with van der Waals surface area (Å²) in [5.41, 5.74) is -1.95. The average Bonchev–Trinajstić information content (AvgIpc) is 3.37. The highest BCUT2D eigenvalue weighted by molar-refractivity contribution is 6.24. The number of hydrogen-bond acceptors (Lipinski definition) is 10. The summed E-state index contributed by atoms with van der Waals surface area (Å²) in [4.78, 5) is 61.3. The molecule has 3 heterocycles. The van der Waals surface area contributed by atoms with Gasteiger partial charge in [-0.15, -0.1) is 0 Å². The molecule has 0 aromatic heterocycles. The molecule has 2 fully saturated rings. The molecule has 4 rings (SSSR count). The van der Waals surface area contributed by atoms with E-state index >= 15 is 0 Å². The van der Waals surface area contributed by atoms with Crippen LogP contribution in [0.2, 0.25) is 0 Å². The predicted molar refractivity (Wildman–Crippen MR) is 103 cm³/mol. The zero-order valence-electron chi connectivity index (χ0n) is 17.2. The van der Waals surface area contributed by atoms with Crippen LogP contribution in [0.4, 0.5) is 11.4 Å². The monoisotopic (exact) mass is 446 g/mol. The third kappa shape index (κ3) is 3.02. The number of nitro groups is 1. The first-order valence-electron chi connectivity index (χ1n) is 9.52. The van der Waals surface area contributed by atoms with Crippen LogP contribution in [-0.2, 0) is 33.4 Å². The number of nitrogens with zero attached hydrogens (tertiary/aromatic N) is 2. The van der Waals surface area contributed by atoms with E-state index in [0.29, 0.717) is 0 Å². The van der Waals surface area contributed by atoms with Crippen LogP contribution >= 0.6 is 0 Å². The molecule has 3 aliphatic rings. The molecule has 0 aliphatic carbocycles. The quantitative estimate of drug-likeness (QED) is 0.154. The first-order chi connectivity index (χ1) is 15.1. The van der Waals surface area contributed by atoms with Gasteiger partial charge < -0.3 is 18.9 Å². The number of fused-ring (bicyclic) bond motifs is 5. The van der Waals surface area contributed by atoms with E-state index in [1.54, 1.807) is 6.08 Å². The lowest BCUT2D eigenvalue weighted by molar-refractivity contribution is -0.384. The van der Waals surface area contributed by atoms with E-state index in [9.17, 15) is 29.3 Å². The molecule has 2 saturated heterocycles. The third-order valence-corrected chi connectivity index (χ3v) is 5.61. The molecule has 0 radical (unpaired) electrons. The van der Waals surface area contributed by atoms with Crippen molar-refractivity contribution >= 4 is 35.1 Å². The van der Waals surface area contributed by atoms with Gasteiger partial charge in [-0.05, 0) is 12.1 Å². The molecule has 0 saturated carbocycles. The number of methoxy groups -OCH3 is 1. The zero-order valence-corrected chi connectivity index (χ0v) is 17.2. The van der Waals surface area contributed by atoms with E-state index in [0.717, 1.165) is 30.9 Å². The first kappa shape index (κ1) is 21.4. The maximum Gasteiger partial charge on any atom is 0.305 e. The van der Waals surface area contributed by atoms with Gasteiger partial charge in [0.25, 0.3) is 12.0 Å². The van der Waals surface area contributed by atoms with Gasteiger partial charge in [-0.1, -0.05) is 6.08 Å². The topological polar surface area (TPSA) is 152 Å². The number of benzene rings is 1. The molecular weight excluding hydrogens is 428 g/mol. The molecule has 168 valence electrons. The smallest absolute Gasteiger partial charge is 0.305 e. The van der Waals surface area contributed by atoms with Gasteiger partial charge in [0.2, 0.25) is 11.8 Å². The molecule has 0 unspecified atom stereocenters. The van der Waals surface area contributed by atoms with Gasteiger partial charge in [-0.3, -0.25) is 29.3 Å². The molecule has 1 aromatic carbocycles. The highest BCUT2D eigenvalue weighted by Crippen LogP contribution is 2.55. The summed E-state index contributed by atoms with van der Waals surface area (Å²) in [5, 5.41) is 11.1. The molecule has 12 heteroatoms. The van der Waals surface area contributed by atoms with Crippen molar-refractivity contribution in [2.45, 2.75) is 31.8 Å². The van der Waals surface area contributed by atoms with Gasteiger partial charge >= 0.3 is 11.9 Å². The maximum absolute atomic E-state index is 13.5. The number of esters is 2. The minimum atomic E-state index is -1.69. The summed E-state index contributed by atoms with van der Waals surface area (Å²) >= 11 is 0. The average molecular weight is 446 g/mol. The lowest BCUT2D eigenvalue weighted by Crippen LogP contribution is -2.52. The van der Waals surface area contributed by atoms with Crippen LogP contribution in [0.1, 0.15) is 13.8 Å². The summed E-state index contributed by atoms with van der Waals surface area (Å²) in [6.07, 6.45) is 0.586. The second kappa shape index (κ2) is 7.41. The van der Waals surface area contributed by atoms with Crippen LogP contribution in [0.15, 0.2) is 30.4 Å². The van der Waals surface area contributed by atoms with Gasteiger partial charge in [0.05, 0.1) is 41.7 Å². The molecule has 0 N–H and O–H groups in total. The van der Waals surface area contributed by atoms with Crippen LogP contribution < -0.4 is 9.64 Å². The number of hydrogen-bond donors (Lipinski definition) is 0. The summed E-state index contributed by atoms with van der Waals surface area (Å²) in [6.45, 7) is 2.21. The number of carbonyl (C=O) groups excluding carboxylic acids is 4. The van der Waals surface area contributed by atoms with E-state index in [1.807, 2.05) is 0 Å². The van der Waals surface area contributed by atoms with Gasteiger partial charge in [-0.25, -0.2) is 4.90 Å². The van der Waals surface area contributed by atoms with Crippen molar-refractivity contribution in [1.82, 2.24) is 0 Å². The highest BCUT2D eigenvalue weighted by atomic mass is 16.7. The van der Waals surface area contributed by atoms with E-state index < -0.39 is 58.5 Å². The van der Waals surface area contributed by atoms with Crippen LogP contribution in [-0.4, -0.2) is 53.8 Å². The molecule has 12 nitrogen and oxygen atoms in total. The van der Waals surface area contributed by atoms with Gasteiger partial charge in [0, 0.05) is 19.9 Å². The SMILES string of the molecule is COc1cc([N+](=O)[O-])ccc1N1C(=O)[C@@H]2[C@@H]3C=C[C@](C(OC(C)=O)OC(C)=O)(O3)[C@H]2C1=O. The largest absolute Gasteiger partial charge is 0.494 e. The van der Waals surface area contributed by atoms with Crippen LogP contribution in [0, 0.1) is 22.0 Å². The van der Waals surface area contributed by atoms with Crippen LogP contribution in [0.3, 0.4) is 0 Å². The Morgan fingerprint density at radius 1 is 1.19 bits per heavy atom. The van der Waals surface area contributed by atoms with Crippen LogP contribution in [0.5, 0.6) is 5.75 Å². The number of anilines is 1. The van der Waals surface area contributed by atoms with E-state index in [-0.39, 0.29) is 17.1 Å². The Hall–Kier alpha value is -3.80. The predicted octanol–water partition coefficient (Wildman–Crippen LogP) is 0.869. The van der Waals surface area contributed by atoms with Crippen molar-refractivity contribution < 1.29 is 43.0 Å². The lowest BCUT2D eigenvalue weighted by atomic mass is 9.76. The van der Waals surface area contributed by atoms with Crippen molar-refractivity contribution in [3.8, 4) is 5.75 Å². The van der Waals surface area contributed by atoms with E-state index in [2.05, 4.69) is 0 Å². The number of amides is 2. The summed E-state index contributed by atoms with van der Waals surface area (Å²) < 4.78 is 21.3. The summed E-state index contributed by atoms with van der Waals surface area (Å²) in [5.74, 6) is -5.06. The van der Waals surface area contributed by atoms with Crippen molar-refractivity contribution in [2.75, 3.05) is 12.0 Å². The molecule has 2 bridgehead atoms. The molecule has 2 amide bonds. The van der Waals surface area contributed by atoms with Gasteiger partial charge in [0.1, 0.15) is 5.75 Å². The lowest BCUT2D eigenvalue weighted by Gasteiger charge is -2.34. The fourth-order valence-corrected chi connectivity index (χ4v) is 4.42. The first-order valence-corrected chi connectivity index (χ1v) is 9.52.